The van der Waals surface area contributed by atoms with E-state index in [-0.39, 0.29) is 24.9 Å². The first-order valence-corrected chi connectivity index (χ1v) is 4.24. The van der Waals surface area contributed by atoms with Crippen LogP contribution in [0, 0.1) is 12.3 Å². The van der Waals surface area contributed by atoms with Crippen molar-refractivity contribution in [3.05, 3.63) is 0 Å². The van der Waals surface area contributed by atoms with Crippen LogP contribution in [0.3, 0.4) is 0 Å². The largest absolute Gasteiger partial charge is 0.479 e. The van der Waals surface area contributed by atoms with Gasteiger partial charge >= 0.3 is 5.97 Å². The molecule has 1 saturated heterocycles. The molecule has 1 amide bonds. The number of hydrogen-bond acceptors (Lipinski definition) is 3. The highest BCUT2D eigenvalue weighted by atomic mass is 35.5. The zero-order valence-electron chi connectivity index (χ0n) is 7.93. The van der Waals surface area contributed by atoms with Crippen LogP contribution in [0.2, 0.25) is 0 Å². The van der Waals surface area contributed by atoms with Crippen LogP contribution >= 0.6 is 12.4 Å². The van der Waals surface area contributed by atoms with Crippen molar-refractivity contribution in [3.63, 3.8) is 0 Å². The van der Waals surface area contributed by atoms with Gasteiger partial charge in [0.2, 0.25) is 5.91 Å². The summed E-state index contributed by atoms with van der Waals surface area (Å²) in [6.45, 7) is 0.135. The molecule has 0 saturated carbocycles. The van der Waals surface area contributed by atoms with Crippen LogP contribution < -0.4 is 5.32 Å². The Kier molecular flexibility index (Phi) is 5.75. The fourth-order valence-electron chi connectivity index (χ4n) is 1.26. The van der Waals surface area contributed by atoms with E-state index in [1.54, 1.807) is 0 Å². The molecule has 0 aromatic heterocycles. The third kappa shape index (κ3) is 3.78. The molecule has 2 atom stereocenters. The maximum Gasteiger partial charge on any atom is 0.332 e. The van der Waals surface area contributed by atoms with Crippen molar-refractivity contribution in [3.8, 4) is 12.3 Å². The molecular formula is C9H12ClNO4. The lowest BCUT2D eigenvalue weighted by atomic mass is 10.2. The molecule has 1 aliphatic heterocycles. The first-order valence-electron chi connectivity index (χ1n) is 4.24. The predicted molar refractivity (Wildman–Crippen MR) is 54.6 cm³/mol. The Labute approximate surface area is 93.6 Å². The molecule has 0 aromatic carbocycles. The zero-order valence-corrected chi connectivity index (χ0v) is 8.75. The highest BCUT2D eigenvalue weighted by Crippen LogP contribution is 2.19. The molecule has 6 heteroatoms. The lowest BCUT2D eigenvalue weighted by molar-refractivity contribution is -0.151. The van der Waals surface area contributed by atoms with Gasteiger partial charge in [-0.25, -0.2) is 4.79 Å². The van der Waals surface area contributed by atoms with Crippen molar-refractivity contribution >= 4 is 24.3 Å². The van der Waals surface area contributed by atoms with Crippen LogP contribution in [0.1, 0.15) is 12.8 Å². The van der Waals surface area contributed by atoms with Gasteiger partial charge in [0.1, 0.15) is 6.10 Å². The number of aliphatic carboxylic acids is 1. The Morgan fingerprint density at radius 1 is 1.47 bits per heavy atom. The molecule has 0 aliphatic carbocycles. The summed E-state index contributed by atoms with van der Waals surface area (Å²) in [5, 5.41) is 11.0. The third-order valence-corrected chi connectivity index (χ3v) is 1.95. The first-order chi connectivity index (χ1) is 6.65. The number of carbonyl (C=O) groups is 2. The molecule has 2 N–H and O–H groups in total. The number of nitrogens with one attached hydrogen (secondary N) is 1. The molecule has 0 aromatic rings. The molecular weight excluding hydrogens is 222 g/mol. The number of ether oxygens (including phenoxy) is 1. The number of carbonyl (C=O) groups excluding carboxylic acids is 1. The minimum absolute atomic E-state index is 0. The molecule has 1 fully saturated rings. The fraction of sp³-hybridized carbons (Fsp3) is 0.556. The zero-order chi connectivity index (χ0) is 10.6. The van der Waals surface area contributed by atoms with E-state index in [2.05, 4.69) is 11.2 Å². The van der Waals surface area contributed by atoms with E-state index in [1.165, 1.54) is 0 Å². The van der Waals surface area contributed by atoms with Crippen molar-refractivity contribution in [1.29, 1.82) is 0 Å². The van der Waals surface area contributed by atoms with E-state index < -0.39 is 18.2 Å². The second-order valence-electron chi connectivity index (χ2n) is 2.95. The summed E-state index contributed by atoms with van der Waals surface area (Å²) in [5.74, 6) is 0.881. The summed E-state index contributed by atoms with van der Waals surface area (Å²) in [7, 11) is 0. The van der Waals surface area contributed by atoms with Crippen LogP contribution in [0.25, 0.3) is 0 Å². The molecule has 15 heavy (non-hydrogen) atoms. The van der Waals surface area contributed by atoms with Crippen molar-refractivity contribution in [2.45, 2.75) is 25.0 Å². The quantitative estimate of drug-likeness (QED) is 0.662. The van der Waals surface area contributed by atoms with Gasteiger partial charge in [-0.1, -0.05) is 5.92 Å². The average molecular weight is 234 g/mol. The number of halogens is 1. The van der Waals surface area contributed by atoms with Gasteiger partial charge in [-0.15, -0.1) is 18.8 Å². The molecule has 0 unspecified atom stereocenters. The summed E-state index contributed by atoms with van der Waals surface area (Å²) in [6.07, 6.45) is 4.20. The smallest absolute Gasteiger partial charge is 0.332 e. The monoisotopic (exact) mass is 233 g/mol. The number of hydrogen-bond donors (Lipinski definition) is 2. The van der Waals surface area contributed by atoms with Crippen LogP contribution in [0.4, 0.5) is 0 Å². The second kappa shape index (κ2) is 6.27. The molecule has 0 radical (unpaired) electrons. The van der Waals surface area contributed by atoms with Gasteiger partial charge in [0.25, 0.3) is 0 Å². The standard InChI is InChI=1S/C9H11NO4.ClH/c1-2-5-10-8(11)6-3-4-7(14-6)9(12)13;/h1,6-7H,3-5H2,(H,10,11)(H,12,13);1H/t6-,7+;/m1./s1. The summed E-state index contributed by atoms with van der Waals surface area (Å²) in [4.78, 5) is 21.7. The van der Waals surface area contributed by atoms with Crippen LogP contribution in [0.5, 0.6) is 0 Å². The summed E-state index contributed by atoms with van der Waals surface area (Å²) in [5.41, 5.74) is 0. The van der Waals surface area contributed by atoms with Gasteiger partial charge in [0.15, 0.2) is 6.10 Å². The Morgan fingerprint density at radius 2 is 2.07 bits per heavy atom. The lowest BCUT2D eigenvalue weighted by Crippen LogP contribution is -2.35. The average Bonchev–Trinajstić information content (AvgIpc) is 2.62. The summed E-state index contributed by atoms with van der Waals surface area (Å²) >= 11 is 0. The fourth-order valence-corrected chi connectivity index (χ4v) is 1.26. The Morgan fingerprint density at radius 3 is 2.53 bits per heavy atom. The molecule has 1 rings (SSSR count). The third-order valence-electron chi connectivity index (χ3n) is 1.95. The summed E-state index contributed by atoms with van der Waals surface area (Å²) < 4.78 is 5.00. The second-order valence-corrected chi connectivity index (χ2v) is 2.95. The molecule has 0 spiro atoms. The Bertz CT molecular complexity index is 286. The van der Waals surface area contributed by atoms with E-state index >= 15 is 0 Å². The maximum atomic E-state index is 11.2. The van der Waals surface area contributed by atoms with Gasteiger partial charge in [-0.3, -0.25) is 4.79 Å². The summed E-state index contributed by atoms with van der Waals surface area (Å²) in [6, 6.07) is 0. The van der Waals surface area contributed by atoms with Crippen molar-refractivity contribution in [2.24, 2.45) is 0 Å². The molecule has 5 nitrogen and oxygen atoms in total. The van der Waals surface area contributed by atoms with E-state index in [0.717, 1.165) is 0 Å². The van der Waals surface area contributed by atoms with Gasteiger partial charge in [0, 0.05) is 0 Å². The van der Waals surface area contributed by atoms with E-state index in [4.69, 9.17) is 16.3 Å². The molecule has 84 valence electrons. The highest BCUT2D eigenvalue weighted by molar-refractivity contribution is 5.85. The first kappa shape index (κ1) is 13.8. The SMILES string of the molecule is C#CCNC(=O)[C@H]1CC[C@@H](C(=O)O)O1.Cl. The minimum atomic E-state index is -1.03. The highest BCUT2D eigenvalue weighted by Gasteiger charge is 2.34. The van der Waals surface area contributed by atoms with Crippen LogP contribution in [-0.4, -0.2) is 35.7 Å². The topological polar surface area (TPSA) is 75.6 Å². The van der Waals surface area contributed by atoms with E-state index in [9.17, 15) is 9.59 Å². The molecule has 1 heterocycles. The lowest BCUT2D eigenvalue weighted by Gasteiger charge is -2.09. The van der Waals surface area contributed by atoms with Gasteiger partial charge in [-0.2, -0.15) is 0 Å². The number of carboxylic acid groups (broad SMARTS) is 1. The molecule has 1 aliphatic rings. The maximum absolute atomic E-state index is 11.2. The number of amides is 1. The minimum Gasteiger partial charge on any atom is -0.479 e. The predicted octanol–water partition coefficient (Wildman–Crippen LogP) is -0.210. The Hall–Kier alpha value is -1.25. The molecule has 0 bridgehead atoms. The number of rotatable bonds is 3. The van der Waals surface area contributed by atoms with E-state index in [0.29, 0.717) is 12.8 Å². The van der Waals surface area contributed by atoms with E-state index in [1.807, 2.05) is 0 Å². The van der Waals surface area contributed by atoms with Gasteiger partial charge in [-0.05, 0) is 12.8 Å². The van der Waals surface area contributed by atoms with Crippen molar-refractivity contribution < 1.29 is 19.4 Å². The van der Waals surface area contributed by atoms with Crippen molar-refractivity contribution in [1.82, 2.24) is 5.32 Å². The Balaban J connectivity index is 0.00000196. The van der Waals surface area contributed by atoms with Gasteiger partial charge < -0.3 is 15.2 Å². The van der Waals surface area contributed by atoms with Crippen LogP contribution in [-0.2, 0) is 14.3 Å². The van der Waals surface area contributed by atoms with Gasteiger partial charge in [0.05, 0.1) is 6.54 Å². The number of carboxylic acids is 1. The van der Waals surface area contributed by atoms with Crippen molar-refractivity contribution in [2.75, 3.05) is 6.54 Å². The normalized spacial score (nSPS) is 23.7. The number of terminal acetylenes is 1. The van der Waals surface area contributed by atoms with Crippen LogP contribution in [0.15, 0.2) is 0 Å².